The first-order valence-corrected chi connectivity index (χ1v) is 9.21. The van der Waals surface area contributed by atoms with E-state index in [1.54, 1.807) is 7.11 Å². The van der Waals surface area contributed by atoms with Crippen molar-refractivity contribution in [2.75, 3.05) is 13.7 Å². The molecule has 0 spiro atoms. The fourth-order valence-electron chi connectivity index (χ4n) is 3.45. The number of thiophene rings is 1. The van der Waals surface area contributed by atoms with Crippen LogP contribution in [-0.4, -0.2) is 23.7 Å². The van der Waals surface area contributed by atoms with Gasteiger partial charge in [0.1, 0.15) is 0 Å². The topological polar surface area (TPSA) is 32.7 Å². The molecule has 1 saturated heterocycles. The van der Waals surface area contributed by atoms with Crippen LogP contribution >= 0.6 is 11.3 Å². The maximum atomic E-state index is 10.0. The number of nitrogens with zero attached hydrogens (tertiary/aromatic N) is 1. The smallest absolute Gasteiger partial charge is 0.160 e. The molecule has 1 aromatic heterocycles. The van der Waals surface area contributed by atoms with Gasteiger partial charge in [-0.25, -0.2) is 0 Å². The summed E-state index contributed by atoms with van der Waals surface area (Å²) in [4.78, 5) is 4.08. The van der Waals surface area contributed by atoms with E-state index in [1.165, 1.54) is 36.1 Å². The van der Waals surface area contributed by atoms with Crippen LogP contribution in [0.2, 0.25) is 0 Å². The molecule has 0 saturated carbocycles. The fraction of sp³-hybridized carbons (Fsp3) is 0.474. The van der Waals surface area contributed by atoms with Gasteiger partial charge in [0.15, 0.2) is 11.5 Å². The number of aryl methyl sites for hydroxylation is 1. The maximum Gasteiger partial charge on any atom is 0.160 e. The SMILES string of the molecule is COc1ccc(CN2CCCCC[C@@H]2c2sccc2C)cc1O. The van der Waals surface area contributed by atoms with Gasteiger partial charge in [0.05, 0.1) is 7.11 Å². The van der Waals surface area contributed by atoms with Crippen LogP contribution in [0.3, 0.4) is 0 Å². The molecule has 2 heterocycles. The van der Waals surface area contributed by atoms with Crippen molar-refractivity contribution in [3.8, 4) is 11.5 Å². The van der Waals surface area contributed by atoms with Crippen molar-refractivity contribution >= 4 is 11.3 Å². The minimum Gasteiger partial charge on any atom is -0.504 e. The molecule has 1 N–H and O–H groups in total. The predicted octanol–water partition coefficient (Wildman–Crippen LogP) is 4.89. The number of hydrogen-bond acceptors (Lipinski definition) is 4. The van der Waals surface area contributed by atoms with Crippen molar-refractivity contribution in [2.45, 2.75) is 45.2 Å². The summed E-state index contributed by atoms with van der Waals surface area (Å²) in [5.41, 5.74) is 2.55. The number of ether oxygens (including phenoxy) is 1. The number of aromatic hydroxyl groups is 1. The van der Waals surface area contributed by atoms with Crippen LogP contribution in [0.4, 0.5) is 0 Å². The summed E-state index contributed by atoms with van der Waals surface area (Å²) >= 11 is 1.88. The molecule has 0 radical (unpaired) electrons. The highest BCUT2D eigenvalue weighted by Gasteiger charge is 2.25. The third-order valence-electron chi connectivity index (χ3n) is 4.70. The highest BCUT2D eigenvalue weighted by Crippen LogP contribution is 2.36. The summed E-state index contributed by atoms with van der Waals surface area (Å²) in [6.45, 7) is 4.21. The van der Waals surface area contributed by atoms with E-state index in [0.717, 1.165) is 18.7 Å². The van der Waals surface area contributed by atoms with E-state index >= 15 is 0 Å². The van der Waals surface area contributed by atoms with E-state index in [9.17, 15) is 5.11 Å². The average molecular weight is 331 g/mol. The van der Waals surface area contributed by atoms with Gasteiger partial charge in [0.25, 0.3) is 0 Å². The molecule has 3 rings (SSSR count). The molecular weight excluding hydrogens is 306 g/mol. The lowest BCUT2D eigenvalue weighted by molar-refractivity contribution is 0.194. The van der Waals surface area contributed by atoms with E-state index in [-0.39, 0.29) is 5.75 Å². The molecule has 1 aromatic carbocycles. The molecule has 1 aliphatic heterocycles. The van der Waals surface area contributed by atoms with E-state index in [0.29, 0.717) is 11.8 Å². The zero-order valence-electron chi connectivity index (χ0n) is 13.9. The Morgan fingerprint density at radius 3 is 2.83 bits per heavy atom. The molecular formula is C19H25NO2S. The quantitative estimate of drug-likeness (QED) is 0.866. The van der Waals surface area contributed by atoms with Crippen molar-refractivity contribution in [2.24, 2.45) is 0 Å². The number of hydrogen-bond donors (Lipinski definition) is 1. The third-order valence-corrected chi connectivity index (χ3v) is 5.82. The standard InChI is InChI=1S/C19H25NO2S/c1-14-9-11-23-19(14)16-6-4-3-5-10-20(16)13-15-7-8-18(22-2)17(21)12-15/h7-9,11-12,16,21H,3-6,10,13H2,1-2H3/t16-/m1/s1. The second-order valence-electron chi connectivity index (χ2n) is 6.31. The Bertz CT molecular complexity index is 653. The van der Waals surface area contributed by atoms with Gasteiger partial charge in [-0.15, -0.1) is 11.3 Å². The van der Waals surface area contributed by atoms with Gasteiger partial charge in [-0.1, -0.05) is 18.9 Å². The minimum atomic E-state index is 0.226. The predicted molar refractivity (Wildman–Crippen MR) is 95.3 cm³/mol. The third kappa shape index (κ3) is 3.70. The van der Waals surface area contributed by atoms with Crippen LogP contribution in [0, 0.1) is 6.92 Å². The van der Waals surface area contributed by atoms with E-state index in [2.05, 4.69) is 29.3 Å². The molecule has 0 aliphatic carbocycles. The Balaban J connectivity index is 1.83. The second-order valence-corrected chi connectivity index (χ2v) is 7.26. The number of likely N-dealkylation sites (tertiary alicyclic amines) is 1. The first kappa shape index (κ1) is 16.3. The number of phenolic OH excluding ortho intramolecular Hbond substituents is 1. The van der Waals surface area contributed by atoms with Crippen LogP contribution in [-0.2, 0) is 6.54 Å². The van der Waals surface area contributed by atoms with Crippen molar-refractivity contribution in [3.63, 3.8) is 0 Å². The molecule has 2 aromatic rings. The molecule has 4 heteroatoms. The molecule has 1 aliphatic rings. The van der Waals surface area contributed by atoms with Gasteiger partial charge in [-0.05, 0) is 61.0 Å². The molecule has 23 heavy (non-hydrogen) atoms. The first-order chi connectivity index (χ1) is 11.2. The lowest BCUT2D eigenvalue weighted by Gasteiger charge is -2.30. The molecule has 3 nitrogen and oxygen atoms in total. The van der Waals surface area contributed by atoms with Gasteiger partial charge >= 0.3 is 0 Å². The van der Waals surface area contributed by atoms with Gasteiger partial charge in [-0.2, -0.15) is 0 Å². The van der Waals surface area contributed by atoms with E-state index < -0.39 is 0 Å². The van der Waals surface area contributed by atoms with Crippen molar-refractivity contribution in [3.05, 3.63) is 45.6 Å². The normalized spacial score (nSPS) is 19.5. The number of phenols is 1. The lowest BCUT2D eigenvalue weighted by Crippen LogP contribution is -2.28. The van der Waals surface area contributed by atoms with Gasteiger partial charge < -0.3 is 9.84 Å². The maximum absolute atomic E-state index is 10.0. The second kappa shape index (κ2) is 7.37. The zero-order valence-corrected chi connectivity index (χ0v) is 14.7. The molecule has 0 bridgehead atoms. The molecule has 1 fully saturated rings. The van der Waals surface area contributed by atoms with Crippen molar-refractivity contribution in [1.82, 2.24) is 4.90 Å². The summed E-state index contributed by atoms with van der Waals surface area (Å²) in [7, 11) is 1.58. The van der Waals surface area contributed by atoms with Gasteiger partial charge in [0.2, 0.25) is 0 Å². The minimum absolute atomic E-state index is 0.226. The van der Waals surface area contributed by atoms with Crippen LogP contribution in [0.25, 0.3) is 0 Å². The largest absolute Gasteiger partial charge is 0.504 e. The van der Waals surface area contributed by atoms with Crippen LogP contribution < -0.4 is 4.74 Å². The van der Waals surface area contributed by atoms with Crippen LogP contribution in [0.1, 0.15) is 47.7 Å². The summed E-state index contributed by atoms with van der Waals surface area (Å²) in [5.74, 6) is 0.763. The summed E-state index contributed by atoms with van der Waals surface area (Å²) < 4.78 is 5.14. The summed E-state index contributed by atoms with van der Waals surface area (Å²) in [6.07, 6.45) is 5.09. The molecule has 0 unspecified atom stereocenters. The van der Waals surface area contributed by atoms with Crippen LogP contribution in [0.15, 0.2) is 29.6 Å². The summed E-state index contributed by atoms with van der Waals surface area (Å²) in [6, 6.07) is 8.47. The molecule has 124 valence electrons. The number of rotatable bonds is 4. The van der Waals surface area contributed by atoms with Crippen molar-refractivity contribution < 1.29 is 9.84 Å². The van der Waals surface area contributed by atoms with E-state index in [1.807, 2.05) is 23.5 Å². The van der Waals surface area contributed by atoms with Gasteiger partial charge in [0, 0.05) is 17.5 Å². The highest BCUT2D eigenvalue weighted by molar-refractivity contribution is 7.10. The average Bonchev–Trinajstić information content (AvgIpc) is 2.83. The number of benzene rings is 1. The monoisotopic (exact) mass is 331 g/mol. The Morgan fingerprint density at radius 1 is 1.26 bits per heavy atom. The first-order valence-electron chi connectivity index (χ1n) is 8.33. The highest BCUT2D eigenvalue weighted by atomic mass is 32.1. The Hall–Kier alpha value is -1.52. The molecule has 1 atom stereocenters. The zero-order chi connectivity index (χ0) is 16.2. The Morgan fingerprint density at radius 2 is 2.13 bits per heavy atom. The summed E-state index contributed by atoms with van der Waals surface area (Å²) in [5, 5.41) is 12.2. The fourth-order valence-corrected chi connectivity index (χ4v) is 4.54. The number of methoxy groups -OCH3 is 1. The Kier molecular flexibility index (Phi) is 5.23. The molecule has 0 amide bonds. The van der Waals surface area contributed by atoms with Crippen LogP contribution in [0.5, 0.6) is 11.5 Å². The Labute approximate surface area is 142 Å². The van der Waals surface area contributed by atoms with Crippen molar-refractivity contribution in [1.29, 1.82) is 0 Å². The van der Waals surface area contributed by atoms with E-state index in [4.69, 9.17) is 4.74 Å². The lowest BCUT2D eigenvalue weighted by atomic mass is 10.0. The van der Waals surface area contributed by atoms with Gasteiger partial charge in [-0.3, -0.25) is 4.90 Å².